The number of rotatable bonds is 10. The molecule has 6 heteroatoms. The second kappa shape index (κ2) is 11.6. The number of hydrogen-bond donors (Lipinski definition) is 0. The fourth-order valence-corrected chi connectivity index (χ4v) is 4.91. The number of hydrogen-bond acceptors (Lipinski definition) is 5. The summed E-state index contributed by atoms with van der Waals surface area (Å²) in [6, 6.07) is 0. The first kappa shape index (κ1) is 28.6. The van der Waals surface area contributed by atoms with Gasteiger partial charge in [0.05, 0.1) is 5.03 Å². The molecule has 2 atom stereocenters. The Morgan fingerprint density at radius 1 is 1.19 bits per heavy atom. The number of allylic oxidation sites excluding steroid dienone is 7. The maximum absolute atomic E-state index is 13.3. The number of fused-ring (bicyclic) bond motifs is 3. The highest BCUT2D eigenvalue weighted by Crippen LogP contribution is 2.49. The van der Waals surface area contributed by atoms with Crippen molar-refractivity contribution in [3.63, 3.8) is 0 Å². The van der Waals surface area contributed by atoms with Gasteiger partial charge in [-0.1, -0.05) is 68.2 Å². The fourth-order valence-electron chi connectivity index (χ4n) is 4.58. The molecule has 0 spiro atoms. The van der Waals surface area contributed by atoms with Crippen LogP contribution in [0.25, 0.3) is 0 Å². The van der Waals surface area contributed by atoms with E-state index in [2.05, 4.69) is 57.7 Å². The monoisotopic (exact) mass is 523 g/mol. The number of carbonyl (C=O) groups is 3. The average molecular weight is 524 g/mol. The van der Waals surface area contributed by atoms with Crippen LogP contribution in [0.1, 0.15) is 74.1 Å². The summed E-state index contributed by atoms with van der Waals surface area (Å²) in [6.45, 7) is 14.4. The van der Waals surface area contributed by atoms with Gasteiger partial charge in [-0.25, -0.2) is 4.79 Å². The molecular formula is C31H38ClNO4. The van der Waals surface area contributed by atoms with Gasteiger partial charge < -0.3 is 9.64 Å². The number of esters is 1. The Hall–Kier alpha value is -2.92. The molecule has 3 rings (SSSR count). The molecule has 0 unspecified atom stereocenters. The Bertz CT molecular complexity index is 1220. The summed E-state index contributed by atoms with van der Waals surface area (Å²) in [5.41, 5.74) is 3.23. The predicted octanol–water partition coefficient (Wildman–Crippen LogP) is 7.03. The van der Waals surface area contributed by atoms with E-state index in [0.29, 0.717) is 29.2 Å². The summed E-state index contributed by atoms with van der Waals surface area (Å²) in [5, 5.41) is 0.0121. The predicted molar refractivity (Wildman–Crippen MR) is 149 cm³/mol. The molecule has 1 aliphatic carbocycles. The molecule has 5 nitrogen and oxygen atoms in total. The maximum atomic E-state index is 13.3. The first-order valence-electron chi connectivity index (χ1n) is 13.1. The van der Waals surface area contributed by atoms with Crippen LogP contribution >= 0.6 is 11.6 Å². The zero-order valence-electron chi connectivity index (χ0n) is 23.0. The highest BCUT2D eigenvalue weighted by molar-refractivity contribution is 6.46. The van der Waals surface area contributed by atoms with Crippen LogP contribution in [-0.2, 0) is 19.1 Å². The molecule has 0 saturated heterocycles. The molecule has 0 saturated carbocycles. The van der Waals surface area contributed by atoms with Gasteiger partial charge in [0.15, 0.2) is 11.4 Å². The van der Waals surface area contributed by atoms with Gasteiger partial charge >= 0.3 is 5.97 Å². The minimum atomic E-state index is -1.61. The van der Waals surface area contributed by atoms with Gasteiger partial charge in [0.25, 0.3) is 0 Å². The molecule has 37 heavy (non-hydrogen) atoms. The van der Waals surface area contributed by atoms with Crippen molar-refractivity contribution in [2.24, 2.45) is 5.92 Å². The van der Waals surface area contributed by atoms with Crippen molar-refractivity contribution < 1.29 is 19.1 Å². The zero-order chi connectivity index (χ0) is 27.5. The minimum absolute atomic E-state index is 0.0121. The average Bonchev–Trinajstić information content (AvgIpc) is 3.14. The van der Waals surface area contributed by atoms with E-state index < -0.39 is 17.4 Å². The molecule has 0 aromatic rings. The number of ether oxygens (including phenoxy) is 1. The summed E-state index contributed by atoms with van der Waals surface area (Å²) < 4.78 is 5.52. The van der Waals surface area contributed by atoms with Crippen LogP contribution in [0.2, 0.25) is 0 Å². The molecule has 0 N–H and O–H groups in total. The lowest BCUT2D eigenvalue weighted by Crippen LogP contribution is -2.43. The highest BCUT2D eigenvalue weighted by Gasteiger charge is 2.56. The lowest BCUT2D eigenvalue weighted by Gasteiger charge is -2.36. The fraction of sp³-hybridized carbons (Fsp3) is 0.452. The van der Waals surface area contributed by atoms with Crippen LogP contribution in [0.5, 0.6) is 0 Å². The van der Waals surface area contributed by atoms with Crippen LogP contribution < -0.4 is 0 Å². The topological polar surface area (TPSA) is 63.7 Å². The Balaban J connectivity index is 2.13. The molecule has 2 aliphatic heterocycles. The second-order valence-corrected chi connectivity index (χ2v) is 10.8. The van der Waals surface area contributed by atoms with Gasteiger partial charge in [-0.2, -0.15) is 0 Å². The molecule has 0 bridgehead atoms. The number of nitrogens with zero attached hydrogens (tertiary/aromatic N) is 1. The van der Waals surface area contributed by atoms with E-state index >= 15 is 0 Å². The van der Waals surface area contributed by atoms with Crippen LogP contribution in [0, 0.1) is 5.92 Å². The standard InChI is InChI=1S/C31H38ClNO4/c1-8-20(5)13-14-22-17-23-24(18-33(22)16-15-21(6)12-10-11-19(3)4)27-26(25(34)9-2)30(36)37-31(27,7)29(35)28(23)32/h11,13-15,17-18,20H,8-10,12,16H2,1-7H3/b14-13+,21-15+/t20-,31-/m0/s1. The van der Waals surface area contributed by atoms with E-state index in [1.165, 1.54) is 18.1 Å². The van der Waals surface area contributed by atoms with Gasteiger partial charge in [-0.05, 0) is 58.6 Å². The molecule has 3 aliphatic rings. The van der Waals surface area contributed by atoms with Gasteiger partial charge in [0.2, 0.25) is 5.78 Å². The molecule has 0 aromatic carbocycles. The van der Waals surface area contributed by atoms with E-state index in [9.17, 15) is 14.4 Å². The number of carbonyl (C=O) groups excluding carboxylic acids is 3. The van der Waals surface area contributed by atoms with Crippen LogP contribution in [-0.4, -0.2) is 34.6 Å². The van der Waals surface area contributed by atoms with Gasteiger partial charge in [0, 0.05) is 41.6 Å². The van der Waals surface area contributed by atoms with E-state index in [0.717, 1.165) is 25.0 Å². The Morgan fingerprint density at radius 2 is 1.89 bits per heavy atom. The van der Waals surface area contributed by atoms with Crippen molar-refractivity contribution >= 4 is 29.1 Å². The maximum Gasteiger partial charge on any atom is 0.343 e. The van der Waals surface area contributed by atoms with Gasteiger partial charge in [-0.3, -0.25) is 9.59 Å². The SMILES string of the molecule is CCC(=O)C1=C2C3=CN(C/C=C(\C)CCC=C(C)C)C(/C=C/[C@@H](C)CC)=CC3=C(Cl)C(=O)[C@@]2(C)OC1=O. The minimum Gasteiger partial charge on any atom is -0.442 e. The lowest BCUT2D eigenvalue weighted by molar-refractivity contribution is -0.153. The molecule has 0 radical (unpaired) electrons. The lowest BCUT2D eigenvalue weighted by atomic mass is 9.75. The van der Waals surface area contributed by atoms with E-state index in [1.54, 1.807) is 6.92 Å². The smallest absolute Gasteiger partial charge is 0.343 e. The Morgan fingerprint density at radius 3 is 2.51 bits per heavy atom. The molecule has 198 valence electrons. The number of halogens is 1. The van der Waals surface area contributed by atoms with Gasteiger partial charge in [0.1, 0.15) is 5.57 Å². The molecular weight excluding hydrogens is 486 g/mol. The summed E-state index contributed by atoms with van der Waals surface area (Å²) >= 11 is 6.60. The normalized spacial score (nSPS) is 22.6. The van der Waals surface area contributed by atoms with Crippen molar-refractivity contribution in [3.05, 3.63) is 80.7 Å². The highest BCUT2D eigenvalue weighted by atomic mass is 35.5. The zero-order valence-corrected chi connectivity index (χ0v) is 23.8. The summed E-state index contributed by atoms with van der Waals surface area (Å²) in [4.78, 5) is 41.0. The Labute approximate surface area is 226 Å². The summed E-state index contributed by atoms with van der Waals surface area (Å²) in [5.74, 6) is -1.23. The van der Waals surface area contributed by atoms with Gasteiger partial charge in [-0.15, -0.1) is 0 Å². The first-order valence-corrected chi connectivity index (χ1v) is 13.5. The molecule has 0 aromatic heterocycles. The van der Waals surface area contributed by atoms with Crippen molar-refractivity contribution in [2.75, 3.05) is 6.54 Å². The largest absolute Gasteiger partial charge is 0.442 e. The van der Waals surface area contributed by atoms with Crippen LogP contribution in [0.15, 0.2) is 80.7 Å². The van der Waals surface area contributed by atoms with Crippen molar-refractivity contribution in [2.45, 2.75) is 79.8 Å². The van der Waals surface area contributed by atoms with E-state index in [4.69, 9.17) is 16.3 Å². The first-order chi connectivity index (χ1) is 17.4. The van der Waals surface area contributed by atoms with Crippen molar-refractivity contribution in [1.29, 1.82) is 0 Å². The third-order valence-electron chi connectivity index (χ3n) is 7.13. The molecule has 2 heterocycles. The van der Waals surface area contributed by atoms with Crippen molar-refractivity contribution in [3.8, 4) is 0 Å². The van der Waals surface area contributed by atoms with Crippen LogP contribution in [0.4, 0.5) is 0 Å². The molecule has 0 amide bonds. The van der Waals surface area contributed by atoms with E-state index in [-0.39, 0.29) is 22.8 Å². The number of Topliss-reactive ketones (excluding diaryl/α,β-unsaturated/α-hetero) is 2. The summed E-state index contributed by atoms with van der Waals surface area (Å²) in [6.07, 6.45) is 15.5. The summed E-state index contributed by atoms with van der Waals surface area (Å²) in [7, 11) is 0. The van der Waals surface area contributed by atoms with Crippen molar-refractivity contribution in [1.82, 2.24) is 4.90 Å². The number of ketones is 2. The molecule has 0 fully saturated rings. The second-order valence-electron chi connectivity index (χ2n) is 10.4. The third-order valence-corrected chi connectivity index (χ3v) is 7.51. The Kier molecular flexibility index (Phi) is 9.01. The van der Waals surface area contributed by atoms with E-state index in [1.807, 2.05) is 18.4 Å². The third kappa shape index (κ3) is 5.82. The van der Waals surface area contributed by atoms with Crippen LogP contribution in [0.3, 0.4) is 0 Å². The quantitative estimate of drug-likeness (QED) is 0.175.